The highest BCUT2D eigenvalue weighted by molar-refractivity contribution is 8.00. The molecular weight excluding hydrogens is 342 g/mol. The number of methoxy groups -OCH3 is 1. The molecule has 3 atom stereocenters. The van der Waals surface area contributed by atoms with Crippen LogP contribution in [0.1, 0.15) is 0 Å². The van der Waals surface area contributed by atoms with Gasteiger partial charge in [-0.2, -0.15) is 0 Å². The molecule has 1 aromatic rings. The lowest BCUT2D eigenvalue weighted by molar-refractivity contribution is -0.155. The van der Waals surface area contributed by atoms with Gasteiger partial charge >= 0.3 is 5.97 Å². The minimum atomic E-state index is -1.01. The third kappa shape index (κ3) is 2.82. The van der Waals surface area contributed by atoms with Crippen molar-refractivity contribution in [2.45, 2.75) is 23.2 Å². The van der Waals surface area contributed by atoms with Crippen molar-refractivity contribution in [2.75, 3.05) is 25.2 Å². The van der Waals surface area contributed by atoms with E-state index in [0.717, 1.165) is 5.03 Å². The van der Waals surface area contributed by atoms with Crippen molar-refractivity contribution >= 4 is 35.4 Å². The second-order valence-electron chi connectivity index (χ2n) is 5.56. The standard InChI is InChI=1S/C12H17N5O4S2/c1-21-6-17-7(2-14-15-17)22-4-12(11(19)20)3-16-9(18)8(13)10(16)23-5-12/h2,8,10H,3-6,13H2,1H3,(H,19,20)/t8?,10-,12?/m1/s1. The van der Waals surface area contributed by atoms with Gasteiger partial charge in [-0.15, -0.1) is 28.6 Å². The van der Waals surface area contributed by atoms with Gasteiger partial charge in [0.25, 0.3) is 0 Å². The summed E-state index contributed by atoms with van der Waals surface area (Å²) in [4.78, 5) is 25.2. The molecule has 0 bridgehead atoms. The van der Waals surface area contributed by atoms with Crippen LogP contribution in [-0.4, -0.2) is 73.5 Å². The van der Waals surface area contributed by atoms with Gasteiger partial charge < -0.3 is 20.5 Å². The van der Waals surface area contributed by atoms with E-state index in [1.54, 1.807) is 22.9 Å². The number of ether oxygens (including phenoxy) is 1. The van der Waals surface area contributed by atoms with E-state index in [2.05, 4.69) is 10.3 Å². The topological polar surface area (TPSA) is 124 Å². The van der Waals surface area contributed by atoms with E-state index < -0.39 is 17.4 Å². The quantitative estimate of drug-likeness (QED) is 0.500. The first kappa shape index (κ1) is 16.6. The molecular formula is C12H17N5O4S2. The Morgan fingerprint density at radius 1 is 1.70 bits per heavy atom. The van der Waals surface area contributed by atoms with Gasteiger partial charge in [0.1, 0.15) is 28.6 Å². The van der Waals surface area contributed by atoms with Crippen LogP contribution < -0.4 is 5.73 Å². The van der Waals surface area contributed by atoms with Crippen LogP contribution in [0, 0.1) is 5.41 Å². The summed E-state index contributed by atoms with van der Waals surface area (Å²) in [6.45, 7) is 0.435. The van der Waals surface area contributed by atoms with Crippen molar-refractivity contribution in [3.05, 3.63) is 6.20 Å². The molecule has 126 valence electrons. The lowest BCUT2D eigenvalue weighted by atomic mass is 9.89. The largest absolute Gasteiger partial charge is 0.481 e. The van der Waals surface area contributed by atoms with E-state index in [9.17, 15) is 14.7 Å². The summed E-state index contributed by atoms with van der Waals surface area (Å²) in [7, 11) is 1.55. The van der Waals surface area contributed by atoms with Crippen molar-refractivity contribution in [3.63, 3.8) is 0 Å². The Labute approximate surface area is 140 Å². The number of aliphatic carboxylic acids is 1. The van der Waals surface area contributed by atoms with Gasteiger partial charge in [0.15, 0.2) is 0 Å². The maximum absolute atomic E-state index is 11.9. The zero-order chi connectivity index (χ0) is 16.6. The van der Waals surface area contributed by atoms with Gasteiger partial charge in [0, 0.05) is 25.2 Å². The van der Waals surface area contributed by atoms with Crippen molar-refractivity contribution in [2.24, 2.45) is 11.1 Å². The number of thioether (sulfide) groups is 2. The predicted molar refractivity (Wildman–Crippen MR) is 83.8 cm³/mol. The summed E-state index contributed by atoms with van der Waals surface area (Å²) < 4.78 is 6.58. The van der Waals surface area contributed by atoms with E-state index in [0.29, 0.717) is 11.5 Å². The Bertz CT molecular complexity index is 626. The maximum Gasteiger partial charge on any atom is 0.313 e. The number of rotatable bonds is 6. The van der Waals surface area contributed by atoms with Crippen LogP contribution in [-0.2, 0) is 21.1 Å². The Balaban J connectivity index is 1.71. The molecule has 23 heavy (non-hydrogen) atoms. The van der Waals surface area contributed by atoms with Crippen molar-refractivity contribution < 1.29 is 19.4 Å². The van der Waals surface area contributed by atoms with Crippen LogP contribution in [0.4, 0.5) is 0 Å². The fraction of sp³-hybridized carbons (Fsp3) is 0.667. The molecule has 2 aliphatic heterocycles. The second-order valence-corrected chi connectivity index (χ2v) is 7.66. The maximum atomic E-state index is 11.9. The first-order valence-electron chi connectivity index (χ1n) is 6.90. The average molecular weight is 359 g/mol. The van der Waals surface area contributed by atoms with Crippen molar-refractivity contribution in [3.8, 4) is 0 Å². The molecule has 0 spiro atoms. The lowest BCUT2D eigenvalue weighted by Crippen LogP contribution is -2.72. The molecule has 2 aliphatic rings. The molecule has 1 aromatic heterocycles. The van der Waals surface area contributed by atoms with Crippen LogP contribution in [0.15, 0.2) is 11.2 Å². The van der Waals surface area contributed by atoms with Gasteiger partial charge in [0.05, 0.1) is 6.20 Å². The molecule has 0 radical (unpaired) electrons. The smallest absolute Gasteiger partial charge is 0.313 e. The van der Waals surface area contributed by atoms with Crippen LogP contribution in [0.25, 0.3) is 0 Å². The van der Waals surface area contributed by atoms with Crippen LogP contribution >= 0.6 is 23.5 Å². The third-order valence-electron chi connectivity index (χ3n) is 3.97. The Kier molecular flexibility index (Phi) is 4.54. The molecule has 2 fully saturated rings. The molecule has 0 aliphatic carbocycles. The summed E-state index contributed by atoms with van der Waals surface area (Å²) in [6.07, 6.45) is 1.57. The Morgan fingerprint density at radius 2 is 2.48 bits per heavy atom. The summed E-state index contributed by atoms with van der Waals surface area (Å²) >= 11 is 2.79. The number of aromatic nitrogens is 3. The average Bonchev–Trinajstić information content (AvgIpc) is 2.99. The second kappa shape index (κ2) is 6.30. The van der Waals surface area contributed by atoms with Crippen molar-refractivity contribution in [1.29, 1.82) is 0 Å². The van der Waals surface area contributed by atoms with Gasteiger partial charge in [-0.3, -0.25) is 9.59 Å². The molecule has 9 nitrogen and oxygen atoms in total. The highest BCUT2D eigenvalue weighted by Crippen LogP contribution is 2.43. The van der Waals surface area contributed by atoms with Gasteiger partial charge in [0.2, 0.25) is 5.91 Å². The molecule has 3 heterocycles. The number of fused-ring (bicyclic) bond motifs is 1. The van der Waals surface area contributed by atoms with E-state index in [-0.39, 0.29) is 24.6 Å². The molecule has 2 unspecified atom stereocenters. The predicted octanol–water partition coefficient (Wildman–Crippen LogP) is -0.712. The highest BCUT2D eigenvalue weighted by atomic mass is 32.2. The minimum Gasteiger partial charge on any atom is -0.481 e. The number of β-lactam (4-membered cyclic amide) rings is 1. The number of hydrogen-bond donors (Lipinski definition) is 2. The van der Waals surface area contributed by atoms with Crippen LogP contribution in [0.2, 0.25) is 0 Å². The number of carboxylic acids is 1. The fourth-order valence-corrected chi connectivity index (χ4v) is 5.31. The summed E-state index contributed by atoms with van der Waals surface area (Å²) in [5.74, 6) is -0.347. The van der Waals surface area contributed by atoms with E-state index >= 15 is 0 Å². The number of hydrogen-bond acceptors (Lipinski definition) is 8. The van der Waals surface area contributed by atoms with E-state index in [1.807, 2.05) is 0 Å². The number of nitrogens with two attached hydrogens (primary N) is 1. The molecule has 3 rings (SSSR count). The summed E-state index contributed by atoms with van der Waals surface area (Å²) in [6, 6.07) is -0.508. The number of carboxylic acid groups (broad SMARTS) is 1. The third-order valence-corrected chi connectivity index (χ3v) is 6.89. The molecule has 0 saturated carbocycles. The van der Waals surface area contributed by atoms with Crippen LogP contribution in [0.3, 0.4) is 0 Å². The minimum absolute atomic E-state index is 0.0966. The Hall–Kier alpha value is -1.30. The molecule has 2 saturated heterocycles. The number of carbonyl (C=O) groups excluding carboxylic acids is 1. The van der Waals surface area contributed by atoms with E-state index in [4.69, 9.17) is 10.5 Å². The van der Waals surface area contributed by atoms with Gasteiger partial charge in [-0.05, 0) is 0 Å². The van der Waals surface area contributed by atoms with Gasteiger partial charge in [-0.25, -0.2) is 4.68 Å². The SMILES string of the molecule is COCn1nncc1SCC1(C(=O)O)CS[C@@H]2C(N)C(=O)N2C1. The first-order chi connectivity index (χ1) is 11.0. The van der Waals surface area contributed by atoms with Crippen molar-refractivity contribution in [1.82, 2.24) is 19.9 Å². The monoisotopic (exact) mass is 359 g/mol. The first-order valence-corrected chi connectivity index (χ1v) is 8.93. The molecule has 11 heteroatoms. The van der Waals surface area contributed by atoms with Gasteiger partial charge in [-0.1, -0.05) is 5.21 Å². The number of nitrogens with zero attached hydrogens (tertiary/aromatic N) is 4. The summed E-state index contributed by atoms with van der Waals surface area (Å²) in [5, 5.41) is 18.0. The van der Waals surface area contributed by atoms with Crippen LogP contribution in [0.5, 0.6) is 0 Å². The Morgan fingerprint density at radius 3 is 3.17 bits per heavy atom. The molecule has 0 aromatic carbocycles. The zero-order valence-electron chi connectivity index (χ0n) is 12.4. The normalized spacial score (nSPS) is 30.0. The highest BCUT2D eigenvalue weighted by Gasteiger charge is 2.55. The summed E-state index contributed by atoms with van der Waals surface area (Å²) in [5.41, 5.74) is 4.74. The molecule has 3 N–H and O–H groups in total. The van der Waals surface area contributed by atoms with E-state index in [1.165, 1.54) is 23.5 Å². The lowest BCUT2D eigenvalue weighted by Gasteiger charge is -2.52. The fourth-order valence-electron chi connectivity index (χ4n) is 2.59. The zero-order valence-corrected chi connectivity index (χ0v) is 14.0. The molecule has 1 amide bonds. The number of amides is 1. The number of carbonyl (C=O) groups is 2.